The van der Waals surface area contributed by atoms with E-state index in [9.17, 15) is 4.79 Å². The number of carbonyl (C=O) groups excluding carboxylic acids is 1. The maximum atomic E-state index is 13.1. The maximum Gasteiger partial charge on any atom is 0.265 e. The van der Waals surface area contributed by atoms with Crippen molar-refractivity contribution in [2.75, 3.05) is 31.1 Å². The number of halogens is 2. The molecule has 3 heterocycles. The molecular formula is C21H17Cl2N3OS2. The van der Waals surface area contributed by atoms with Gasteiger partial charge in [0.1, 0.15) is 4.88 Å². The van der Waals surface area contributed by atoms with E-state index in [1.54, 1.807) is 11.3 Å². The van der Waals surface area contributed by atoms with E-state index in [1.807, 2.05) is 48.2 Å². The highest BCUT2D eigenvalue weighted by Crippen LogP contribution is 2.37. The van der Waals surface area contributed by atoms with E-state index in [0.717, 1.165) is 49.1 Å². The summed E-state index contributed by atoms with van der Waals surface area (Å²) in [5, 5.41) is 3.21. The smallest absolute Gasteiger partial charge is 0.265 e. The SMILES string of the molecule is Cc1ccc(Cl)c2sc(N3CCN(C(=O)c4sc5ccccc5c4Cl)CC3)nc12. The van der Waals surface area contributed by atoms with E-state index in [1.165, 1.54) is 11.3 Å². The van der Waals surface area contributed by atoms with Crippen LogP contribution in [0.15, 0.2) is 36.4 Å². The Hall–Kier alpha value is -1.86. The average Bonchev–Trinajstić information content (AvgIpc) is 3.34. The van der Waals surface area contributed by atoms with E-state index in [-0.39, 0.29) is 5.91 Å². The number of hydrogen-bond acceptors (Lipinski definition) is 5. The van der Waals surface area contributed by atoms with Crippen LogP contribution in [0.1, 0.15) is 15.2 Å². The Morgan fingerprint density at radius 3 is 2.52 bits per heavy atom. The van der Waals surface area contributed by atoms with Crippen LogP contribution in [0.5, 0.6) is 0 Å². The van der Waals surface area contributed by atoms with Gasteiger partial charge in [0.25, 0.3) is 5.91 Å². The highest BCUT2D eigenvalue weighted by molar-refractivity contribution is 7.23. The molecule has 1 saturated heterocycles. The fourth-order valence-electron chi connectivity index (χ4n) is 3.62. The lowest BCUT2D eigenvalue weighted by atomic mass is 10.2. The summed E-state index contributed by atoms with van der Waals surface area (Å²) in [6.45, 7) is 4.82. The van der Waals surface area contributed by atoms with Gasteiger partial charge >= 0.3 is 0 Å². The van der Waals surface area contributed by atoms with Crippen LogP contribution in [0, 0.1) is 6.92 Å². The minimum Gasteiger partial charge on any atom is -0.345 e. The molecule has 0 N–H and O–H groups in total. The molecule has 29 heavy (non-hydrogen) atoms. The zero-order valence-electron chi connectivity index (χ0n) is 15.6. The van der Waals surface area contributed by atoms with Gasteiger partial charge in [0, 0.05) is 36.3 Å². The summed E-state index contributed by atoms with van der Waals surface area (Å²) in [5.74, 6) is 0.0130. The molecule has 1 amide bonds. The van der Waals surface area contributed by atoms with Crippen molar-refractivity contribution in [1.29, 1.82) is 0 Å². The summed E-state index contributed by atoms with van der Waals surface area (Å²) in [6.07, 6.45) is 0. The average molecular weight is 462 g/mol. The van der Waals surface area contributed by atoms with Crippen molar-refractivity contribution in [1.82, 2.24) is 9.88 Å². The van der Waals surface area contributed by atoms with Gasteiger partial charge in [-0.25, -0.2) is 4.98 Å². The van der Waals surface area contributed by atoms with Gasteiger partial charge in [0.2, 0.25) is 0 Å². The monoisotopic (exact) mass is 461 g/mol. The number of nitrogens with zero attached hydrogens (tertiary/aromatic N) is 3. The van der Waals surface area contributed by atoms with Gasteiger partial charge in [-0.3, -0.25) is 4.79 Å². The fraction of sp³-hybridized carbons (Fsp3) is 0.238. The van der Waals surface area contributed by atoms with E-state index in [4.69, 9.17) is 28.2 Å². The van der Waals surface area contributed by atoms with E-state index < -0.39 is 0 Å². The molecule has 4 nitrogen and oxygen atoms in total. The number of anilines is 1. The second-order valence-corrected chi connectivity index (χ2v) is 9.87. The van der Waals surface area contributed by atoms with Gasteiger partial charge in [-0.2, -0.15) is 0 Å². The molecule has 8 heteroatoms. The van der Waals surface area contributed by atoms with Crippen LogP contribution in [0.2, 0.25) is 10.0 Å². The van der Waals surface area contributed by atoms with Crippen molar-refractivity contribution >= 4 is 77.2 Å². The van der Waals surface area contributed by atoms with Crippen LogP contribution < -0.4 is 4.90 Å². The van der Waals surface area contributed by atoms with Crippen LogP contribution in [-0.4, -0.2) is 42.0 Å². The van der Waals surface area contributed by atoms with E-state index in [2.05, 4.69) is 4.90 Å². The van der Waals surface area contributed by atoms with Crippen LogP contribution >= 0.6 is 45.9 Å². The number of fused-ring (bicyclic) bond motifs is 2. The molecule has 0 bridgehead atoms. The first-order chi connectivity index (χ1) is 14.0. The first-order valence-electron chi connectivity index (χ1n) is 9.30. The van der Waals surface area contributed by atoms with Gasteiger partial charge < -0.3 is 9.80 Å². The predicted octanol–water partition coefficient (Wildman–Crippen LogP) is 6.09. The van der Waals surface area contributed by atoms with Crippen molar-refractivity contribution in [3.05, 3.63) is 56.9 Å². The maximum absolute atomic E-state index is 13.1. The largest absolute Gasteiger partial charge is 0.345 e. The Kier molecular flexibility index (Phi) is 4.90. The topological polar surface area (TPSA) is 36.4 Å². The standard InChI is InChI=1S/C21H17Cl2N3OS2/c1-12-6-7-14(22)18-17(12)24-21(29-18)26-10-8-25(9-11-26)20(27)19-16(23)13-4-2-3-5-15(13)28-19/h2-7H,8-11H2,1H3. The molecule has 1 aliphatic heterocycles. The number of rotatable bonds is 2. The molecule has 2 aromatic heterocycles. The zero-order valence-corrected chi connectivity index (χ0v) is 18.8. The predicted molar refractivity (Wildman–Crippen MR) is 124 cm³/mol. The summed E-state index contributed by atoms with van der Waals surface area (Å²) in [6, 6.07) is 11.8. The molecule has 5 rings (SSSR count). The molecule has 1 aliphatic rings. The van der Waals surface area contributed by atoms with Gasteiger partial charge in [-0.05, 0) is 24.6 Å². The lowest BCUT2D eigenvalue weighted by molar-refractivity contribution is 0.0752. The van der Waals surface area contributed by atoms with E-state index in [0.29, 0.717) is 23.0 Å². The van der Waals surface area contributed by atoms with Crippen molar-refractivity contribution in [2.45, 2.75) is 6.92 Å². The van der Waals surface area contributed by atoms with Crippen molar-refractivity contribution in [3.63, 3.8) is 0 Å². The van der Waals surface area contributed by atoms with Gasteiger partial charge in [-0.15, -0.1) is 11.3 Å². The quantitative estimate of drug-likeness (QED) is 0.362. The second-order valence-electron chi connectivity index (χ2n) is 7.06. The minimum atomic E-state index is 0.0130. The number of aryl methyl sites for hydroxylation is 1. The number of carbonyl (C=O) groups is 1. The van der Waals surface area contributed by atoms with Crippen LogP contribution in [0.3, 0.4) is 0 Å². The molecule has 0 atom stereocenters. The number of hydrogen-bond donors (Lipinski definition) is 0. The molecular weight excluding hydrogens is 445 g/mol. The van der Waals surface area contributed by atoms with Gasteiger partial charge in [-0.1, -0.05) is 58.8 Å². The number of piperazine rings is 1. The third-order valence-electron chi connectivity index (χ3n) is 5.25. The molecule has 148 valence electrons. The third-order valence-corrected chi connectivity index (χ3v) is 8.49. The van der Waals surface area contributed by atoms with Crippen molar-refractivity contribution < 1.29 is 4.79 Å². The fourth-order valence-corrected chi connectivity index (χ4v) is 6.47. The Morgan fingerprint density at radius 1 is 1.03 bits per heavy atom. The lowest BCUT2D eigenvalue weighted by Crippen LogP contribution is -2.48. The highest BCUT2D eigenvalue weighted by Gasteiger charge is 2.27. The molecule has 1 fully saturated rings. The van der Waals surface area contributed by atoms with Crippen LogP contribution in [0.25, 0.3) is 20.3 Å². The lowest BCUT2D eigenvalue weighted by Gasteiger charge is -2.34. The normalized spacial score (nSPS) is 14.9. The number of thiophene rings is 1. The van der Waals surface area contributed by atoms with Crippen molar-refractivity contribution in [2.24, 2.45) is 0 Å². The first-order valence-corrected chi connectivity index (χ1v) is 11.7. The number of amides is 1. The number of benzene rings is 2. The summed E-state index contributed by atoms with van der Waals surface area (Å²) in [7, 11) is 0. The van der Waals surface area contributed by atoms with Gasteiger partial charge in [0.15, 0.2) is 5.13 Å². The first kappa shape index (κ1) is 19.1. The molecule has 4 aromatic rings. The van der Waals surface area contributed by atoms with Crippen LogP contribution in [-0.2, 0) is 0 Å². The van der Waals surface area contributed by atoms with Crippen LogP contribution in [0.4, 0.5) is 5.13 Å². The number of thiazole rings is 1. The zero-order chi connectivity index (χ0) is 20.1. The highest BCUT2D eigenvalue weighted by atomic mass is 35.5. The summed E-state index contributed by atoms with van der Waals surface area (Å²) >= 11 is 15.9. The summed E-state index contributed by atoms with van der Waals surface area (Å²) < 4.78 is 2.07. The molecule has 0 unspecified atom stereocenters. The molecule has 2 aromatic carbocycles. The molecule has 0 radical (unpaired) electrons. The Balaban J connectivity index is 1.35. The van der Waals surface area contributed by atoms with Gasteiger partial charge in [0.05, 0.1) is 20.3 Å². The minimum absolute atomic E-state index is 0.0130. The van der Waals surface area contributed by atoms with Crippen molar-refractivity contribution in [3.8, 4) is 0 Å². The summed E-state index contributed by atoms with van der Waals surface area (Å²) in [5.41, 5.74) is 2.09. The Labute approximate surface area is 186 Å². The summed E-state index contributed by atoms with van der Waals surface area (Å²) in [4.78, 5) is 22.6. The number of aromatic nitrogens is 1. The molecule has 0 saturated carbocycles. The van der Waals surface area contributed by atoms with E-state index >= 15 is 0 Å². The molecule has 0 spiro atoms. The Bertz CT molecular complexity index is 1200. The molecule has 0 aliphatic carbocycles. The Morgan fingerprint density at radius 2 is 1.79 bits per heavy atom. The second kappa shape index (κ2) is 7.43. The third kappa shape index (κ3) is 3.28.